The van der Waals surface area contributed by atoms with Crippen LogP contribution >= 0.6 is 0 Å². The summed E-state index contributed by atoms with van der Waals surface area (Å²) in [6.45, 7) is 18.0. The molecule has 1 N–H and O–H groups in total. The largest absolute Gasteiger partial charge is 0.0149 e. The van der Waals surface area contributed by atoms with Crippen molar-refractivity contribution in [3.63, 3.8) is 0 Å². The summed E-state index contributed by atoms with van der Waals surface area (Å²) in [7, 11) is 0. The zero-order valence-corrected chi connectivity index (χ0v) is 20.2. The normalized spacial score (nSPS) is 15.4. The molecular formula is C25H40N2SiTi. The molecule has 1 heterocycles. The molecule has 4 heteroatoms. The van der Waals surface area contributed by atoms with Crippen LogP contribution in [0, 0.1) is 0 Å². The molecule has 1 aliphatic rings. The Labute approximate surface area is 186 Å². The zero-order chi connectivity index (χ0) is 21.1. The molecule has 0 amide bonds. The van der Waals surface area contributed by atoms with Crippen molar-refractivity contribution in [2.75, 3.05) is 0 Å². The van der Waals surface area contributed by atoms with E-state index in [1.54, 1.807) is 0 Å². The first kappa shape index (κ1) is 25.6. The van der Waals surface area contributed by atoms with E-state index in [-0.39, 0.29) is 16.5 Å². The monoisotopic (exact) mass is 444 g/mol. The molecule has 158 valence electrons. The molecule has 1 aromatic carbocycles. The van der Waals surface area contributed by atoms with Gasteiger partial charge in [0, 0.05) is 0 Å². The van der Waals surface area contributed by atoms with Gasteiger partial charge in [0.15, 0.2) is 0 Å². The van der Waals surface area contributed by atoms with Gasteiger partial charge in [0.25, 0.3) is 0 Å². The number of hydrogen-bond acceptors (Lipinski definition) is 1. The Morgan fingerprint density at radius 2 is 1.48 bits per heavy atom. The van der Waals surface area contributed by atoms with Crippen molar-refractivity contribution in [1.29, 1.82) is 0 Å². The number of allylic oxidation sites excluding steroid dienone is 3. The van der Waals surface area contributed by atoms with Crippen LogP contribution in [0.5, 0.6) is 0 Å². The fourth-order valence-electron chi connectivity index (χ4n) is 3.70. The van der Waals surface area contributed by atoms with Crippen molar-refractivity contribution in [3.8, 4) is 0 Å². The topological polar surface area (TPSA) is 17.0 Å². The van der Waals surface area contributed by atoms with Crippen LogP contribution in [0.4, 0.5) is 0 Å². The maximum Gasteiger partial charge on any atom is -0.0149 e. The molecule has 29 heavy (non-hydrogen) atoms. The van der Waals surface area contributed by atoms with Gasteiger partial charge in [-0.05, 0) is 24.8 Å². The van der Waals surface area contributed by atoms with Gasteiger partial charge in [-0.1, -0.05) is 24.3 Å². The third-order valence-electron chi connectivity index (χ3n) is 4.98. The molecule has 0 spiro atoms. The van der Waals surface area contributed by atoms with Crippen LogP contribution in [0.25, 0.3) is 5.70 Å². The average molecular weight is 445 g/mol. The maximum absolute atomic E-state index is 3.98. The summed E-state index contributed by atoms with van der Waals surface area (Å²) < 4.78 is 6.77. The fraction of sp³-hybridized carbons (Fsp3) is 0.360. The summed E-state index contributed by atoms with van der Waals surface area (Å²) in [6.07, 6.45) is 6.77. The first-order chi connectivity index (χ1) is 12.9. The summed E-state index contributed by atoms with van der Waals surface area (Å²) in [5, 5.41) is 4.98. The van der Waals surface area contributed by atoms with Gasteiger partial charge in [-0.15, -0.1) is 0 Å². The minimum absolute atomic E-state index is 0. The predicted molar refractivity (Wildman–Crippen MR) is 133 cm³/mol. The standard InChI is InChI=1S/C13H10N.C6H10.C4H10N.2CH3.H4Si.Ti/c1-2-6-12-11(5-1)7-8-13(12)14-9-3-4-10-14;1-5(2)6(3)4;1-4(2,3)5;;;;/h1-10H;1,3H2,2,4H3;5H,1-3H3;2*1H3;1H4;/q;;-1;;;;+1. The third kappa shape index (κ3) is 6.82. The van der Waals surface area contributed by atoms with Crippen molar-refractivity contribution in [2.45, 2.75) is 54.8 Å². The van der Waals surface area contributed by atoms with Crippen LogP contribution in [0.2, 0.25) is 10.5 Å². The number of hydrogen-bond donors (Lipinski definition) is 1. The van der Waals surface area contributed by atoms with Gasteiger partial charge in [-0.3, -0.25) is 0 Å². The summed E-state index contributed by atoms with van der Waals surface area (Å²) >= 11 is -2.23. The van der Waals surface area contributed by atoms with Crippen molar-refractivity contribution < 1.29 is 16.8 Å². The Morgan fingerprint density at radius 1 is 0.966 bits per heavy atom. The first-order valence-corrected chi connectivity index (χ1v) is 14.8. The fourth-order valence-corrected chi connectivity index (χ4v) is 9.47. The molecule has 0 fully saturated rings. The van der Waals surface area contributed by atoms with E-state index < -0.39 is 16.8 Å². The van der Waals surface area contributed by atoms with Crippen molar-refractivity contribution >= 4 is 16.7 Å². The van der Waals surface area contributed by atoms with E-state index in [1.807, 2.05) is 13.8 Å². The molecule has 2 nitrogen and oxygen atoms in total. The van der Waals surface area contributed by atoms with Crippen LogP contribution in [-0.4, -0.2) is 21.1 Å². The first-order valence-electron chi connectivity index (χ1n) is 9.97. The molecule has 0 radical (unpaired) electrons. The summed E-state index contributed by atoms with van der Waals surface area (Å²) in [4.78, 5) is 0. The van der Waals surface area contributed by atoms with Gasteiger partial charge in [-0.25, -0.2) is 0 Å². The van der Waals surface area contributed by atoms with Crippen LogP contribution in [0.15, 0.2) is 79.2 Å². The SMILES string of the molecule is C=C(C)C(=C)C.CC(C)(C)[NH][Ti]([CH3])([CH3])[CH]1C=C(n2cccc2)c2ccccc21.[SiH4]. The molecule has 0 aliphatic heterocycles. The van der Waals surface area contributed by atoms with E-state index in [0.29, 0.717) is 4.22 Å². The number of benzene rings is 1. The summed E-state index contributed by atoms with van der Waals surface area (Å²) in [5.74, 6) is 0. The van der Waals surface area contributed by atoms with E-state index >= 15 is 0 Å². The number of nitrogens with one attached hydrogen (secondary N) is 1. The Balaban J connectivity index is 0.000000529. The van der Waals surface area contributed by atoms with Crippen LogP contribution in [0.1, 0.15) is 50.0 Å². The smallest absolute Gasteiger partial charge is 0.0149 e. The van der Waals surface area contributed by atoms with Gasteiger partial charge < -0.3 is 0 Å². The second kappa shape index (κ2) is 10.1. The molecule has 1 unspecified atom stereocenters. The zero-order valence-electron chi connectivity index (χ0n) is 18.6. The maximum atomic E-state index is 3.98. The van der Waals surface area contributed by atoms with E-state index in [9.17, 15) is 0 Å². The Bertz CT molecular complexity index is 858. The van der Waals surface area contributed by atoms with Gasteiger partial charge >= 0.3 is 138 Å². The van der Waals surface area contributed by atoms with Crippen molar-refractivity contribution in [2.24, 2.45) is 0 Å². The van der Waals surface area contributed by atoms with Crippen molar-refractivity contribution in [1.82, 2.24) is 8.37 Å². The van der Waals surface area contributed by atoms with Gasteiger partial charge in [0.05, 0.1) is 0 Å². The molecule has 0 saturated carbocycles. The summed E-state index contributed by atoms with van der Waals surface area (Å²) in [5.41, 5.74) is 6.51. The van der Waals surface area contributed by atoms with Crippen molar-refractivity contribution in [3.05, 3.63) is 90.3 Å². The van der Waals surface area contributed by atoms with Crippen LogP contribution < -0.4 is 3.80 Å². The summed E-state index contributed by atoms with van der Waals surface area (Å²) in [6, 6.07) is 13.1. The second-order valence-electron chi connectivity index (χ2n) is 9.36. The van der Waals surface area contributed by atoms with E-state index in [2.05, 4.69) is 108 Å². The number of aromatic nitrogens is 1. The van der Waals surface area contributed by atoms with Crippen LogP contribution in [-0.2, 0) is 16.8 Å². The number of fused-ring (bicyclic) bond motifs is 1. The molecule has 1 aromatic heterocycles. The number of nitrogens with zero attached hydrogens (tertiary/aromatic N) is 1. The molecule has 2 aromatic rings. The Hall–Kier alpha value is -1.39. The van der Waals surface area contributed by atoms with Gasteiger partial charge in [0.1, 0.15) is 0 Å². The van der Waals surface area contributed by atoms with E-state index in [0.717, 1.165) is 11.1 Å². The molecule has 0 saturated heterocycles. The van der Waals surface area contributed by atoms with Crippen LogP contribution in [0.3, 0.4) is 0 Å². The Kier molecular flexibility index (Phi) is 8.92. The number of rotatable bonds is 4. The molecule has 1 atom stereocenters. The van der Waals surface area contributed by atoms with E-state index in [1.165, 1.54) is 16.8 Å². The van der Waals surface area contributed by atoms with E-state index in [4.69, 9.17) is 0 Å². The predicted octanol–water partition coefficient (Wildman–Crippen LogP) is 5.67. The Morgan fingerprint density at radius 3 is 1.97 bits per heavy atom. The van der Waals surface area contributed by atoms with Gasteiger partial charge in [0.2, 0.25) is 0 Å². The second-order valence-corrected chi connectivity index (χ2v) is 16.1. The van der Waals surface area contributed by atoms with Gasteiger partial charge in [-0.2, -0.15) is 0 Å². The molecule has 3 rings (SSSR count). The minimum Gasteiger partial charge on any atom is -0.0149 e. The minimum atomic E-state index is -2.23. The molecule has 1 aliphatic carbocycles. The third-order valence-corrected chi connectivity index (χ3v) is 10.3. The molecule has 0 bridgehead atoms. The molecular weight excluding hydrogens is 404 g/mol. The quantitative estimate of drug-likeness (QED) is 0.475. The average Bonchev–Trinajstić information content (AvgIpc) is 3.20.